The Morgan fingerprint density at radius 2 is 0.645 bits per heavy atom. The van der Waals surface area contributed by atoms with Crippen molar-refractivity contribution in [2.24, 2.45) is 0 Å². The van der Waals surface area contributed by atoms with Crippen molar-refractivity contribution in [3.05, 3.63) is 147 Å². The van der Waals surface area contributed by atoms with E-state index >= 15 is 0 Å². The number of benzene rings is 5. The molecule has 2 nitrogen and oxygen atoms in total. The highest BCUT2D eigenvalue weighted by atomic mass is 32.2. The quantitative estimate of drug-likeness (QED) is 0.0636. The lowest BCUT2D eigenvalue weighted by Gasteiger charge is -2.46. The lowest BCUT2D eigenvalue weighted by Crippen LogP contribution is -2.75. The molecule has 416 valence electrons. The van der Waals surface area contributed by atoms with E-state index in [1.807, 2.05) is 24.3 Å². The number of hydrogen-bond donors (Lipinski definition) is 0. The van der Waals surface area contributed by atoms with Gasteiger partial charge < -0.3 is 4.74 Å². The maximum Gasteiger partial charge on any atom is 0.416 e. The SMILES string of the molecule is C[S+](C)CC(=O)c1ccc(OC2CCCCC2)cc1.FC(F)(F)c1cc([B-](c2cc(C(F)(F)F)cc(C(F)(F)F)c2)(c2cc(C(F)(F)F)cc(C(F)(F)F)c2)c2cc(C(F)(F)F)cc(C(F)(F)F)c2)cc(C(F)(F)F)c1. The smallest absolute Gasteiger partial charge is 0.416 e. The molecule has 1 aliphatic rings. The summed E-state index contributed by atoms with van der Waals surface area (Å²) in [6, 6.07) is -1.15. The second kappa shape index (κ2) is 21.6. The van der Waals surface area contributed by atoms with Crippen LogP contribution in [0.3, 0.4) is 0 Å². The van der Waals surface area contributed by atoms with E-state index < -0.39 is 195 Å². The minimum atomic E-state index is -6.13. The summed E-state index contributed by atoms with van der Waals surface area (Å²) in [5.74, 6) is 1.77. The fourth-order valence-corrected chi connectivity index (χ4v) is 9.20. The lowest BCUT2D eigenvalue weighted by molar-refractivity contribution is -0.144. The van der Waals surface area contributed by atoms with Gasteiger partial charge in [0.1, 0.15) is 11.9 Å². The number of Topliss-reactive ketones (excluding diaryl/α,β-unsaturated/α-hetero) is 1. The van der Waals surface area contributed by atoms with Crippen LogP contribution in [0.2, 0.25) is 0 Å². The van der Waals surface area contributed by atoms with E-state index in [-0.39, 0.29) is 16.7 Å². The molecule has 0 amide bonds. The van der Waals surface area contributed by atoms with Crippen molar-refractivity contribution in [3.63, 3.8) is 0 Å². The minimum absolute atomic E-state index is 0.162. The van der Waals surface area contributed by atoms with Crippen LogP contribution in [0.25, 0.3) is 0 Å². The maximum absolute atomic E-state index is 14.2. The first-order valence-corrected chi connectivity index (χ1v) is 23.8. The molecular formula is C48H35BF24O2S. The number of ether oxygens (including phenoxy) is 1. The van der Waals surface area contributed by atoms with Crippen molar-refractivity contribution in [2.45, 2.75) is 87.6 Å². The van der Waals surface area contributed by atoms with E-state index in [0.29, 0.717) is 11.9 Å². The van der Waals surface area contributed by atoms with E-state index in [0.717, 1.165) is 24.2 Å². The molecule has 0 N–H and O–H groups in total. The summed E-state index contributed by atoms with van der Waals surface area (Å²) in [6.07, 6.45) is -44.0. The van der Waals surface area contributed by atoms with Gasteiger partial charge in [-0.05, 0) is 85.1 Å². The van der Waals surface area contributed by atoms with Crippen LogP contribution in [-0.4, -0.2) is 36.3 Å². The molecule has 76 heavy (non-hydrogen) atoms. The zero-order valence-corrected chi connectivity index (χ0v) is 39.2. The largest absolute Gasteiger partial charge is 0.490 e. The predicted molar refractivity (Wildman–Crippen MR) is 232 cm³/mol. The van der Waals surface area contributed by atoms with Crippen molar-refractivity contribution in [1.82, 2.24) is 0 Å². The van der Waals surface area contributed by atoms with Crippen LogP contribution in [0, 0.1) is 0 Å². The third kappa shape index (κ3) is 14.9. The molecule has 28 heteroatoms. The Hall–Kier alpha value is -5.70. The van der Waals surface area contributed by atoms with Gasteiger partial charge in [0.2, 0.25) is 5.78 Å². The van der Waals surface area contributed by atoms with Crippen LogP contribution >= 0.6 is 0 Å². The van der Waals surface area contributed by atoms with E-state index in [9.17, 15) is 110 Å². The maximum atomic E-state index is 14.2. The highest BCUT2D eigenvalue weighted by Crippen LogP contribution is 2.41. The van der Waals surface area contributed by atoms with Crippen LogP contribution in [0.15, 0.2) is 97.1 Å². The Morgan fingerprint density at radius 1 is 0.408 bits per heavy atom. The van der Waals surface area contributed by atoms with Crippen LogP contribution < -0.4 is 26.6 Å². The highest BCUT2D eigenvalue weighted by Gasteiger charge is 2.47. The third-order valence-corrected chi connectivity index (χ3v) is 12.7. The average Bonchev–Trinajstić information content (AvgIpc) is 3.27. The summed E-state index contributed by atoms with van der Waals surface area (Å²) >= 11 is 0. The molecule has 0 radical (unpaired) electrons. The number of carbonyl (C=O) groups is 1. The van der Waals surface area contributed by atoms with Gasteiger partial charge in [-0.25, -0.2) is 0 Å². The molecule has 0 aromatic heterocycles. The van der Waals surface area contributed by atoms with Gasteiger partial charge >= 0.3 is 49.4 Å². The summed E-state index contributed by atoms with van der Waals surface area (Å²) in [4.78, 5) is 11.9. The second-order valence-electron chi connectivity index (χ2n) is 17.7. The van der Waals surface area contributed by atoms with Crippen molar-refractivity contribution < 1.29 is 115 Å². The van der Waals surface area contributed by atoms with Gasteiger partial charge in [0, 0.05) is 5.56 Å². The van der Waals surface area contributed by atoms with E-state index in [1.54, 1.807) is 0 Å². The number of hydrogen-bond acceptors (Lipinski definition) is 2. The van der Waals surface area contributed by atoms with Gasteiger partial charge in [-0.3, -0.25) is 4.79 Å². The van der Waals surface area contributed by atoms with E-state index in [4.69, 9.17) is 4.74 Å². The summed E-state index contributed by atoms with van der Waals surface area (Å²) in [5.41, 5.74) is -29.4. The van der Waals surface area contributed by atoms with Crippen LogP contribution in [0.4, 0.5) is 105 Å². The zero-order chi connectivity index (χ0) is 57.6. The molecule has 5 aromatic carbocycles. The monoisotopic (exact) mass is 1140 g/mol. The zero-order valence-electron chi connectivity index (χ0n) is 38.4. The van der Waals surface area contributed by atoms with Crippen LogP contribution in [0.1, 0.15) is 87.0 Å². The van der Waals surface area contributed by atoms with Crippen LogP contribution in [0.5, 0.6) is 5.75 Å². The Morgan fingerprint density at radius 3 is 0.855 bits per heavy atom. The molecule has 0 bridgehead atoms. The van der Waals surface area contributed by atoms with Crippen LogP contribution in [-0.2, 0) is 60.3 Å². The van der Waals surface area contributed by atoms with Gasteiger partial charge in [0.15, 0.2) is 5.75 Å². The highest BCUT2D eigenvalue weighted by molar-refractivity contribution is 7.96. The average molecular weight is 1140 g/mol. The molecule has 5 aromatic rings. The predicted octanol–water partition coefficient (Wildman–Crippen LogP) is 14.7. The fraction of sp³-hybridized carbons (Fsp3) is 0.354. The van der Waals surface area contributed by atoms with E-state index in [2.05, 4.69) is 12.5 Å². The standard InChI is InChI=1S/C32H12BF24.C16H23O2S/c34-25(35,36)13-1-14(26(37,38)39)6-21(5-13)33(22-7-15(27(40,41)42)2-16(8-22)28(43,44)45,23-9-17(29(46,47)48)3-18(10-23)30(49,50)51)24-11-19(31(52,53)54)4-20(12-24)32(55,56)57;1-19(2)12-16(17)13-8-10-15(11-9-13)18-14-6-4-3-5-7-14/h1-12H;8-11,14H,3-7,12H2,1-2H3/q-1;+1. The summed E-state index contributed by atoms with van der Waals surface area (Å²) in [6.45, 7) is 0. The van der Waals surface area contributed by atoms with Crippen molar-refractivity contribution in [2.75, 3.05) is 18.3 Å². The molecule has 6 rings (SSSR count). The topological polar surface area (TPSA) is 26.3 Å². The number of ketones is 1. The van der Waals surface area contributed by atoms with E-state index in [1.165, 1.54) is 19.3 Å². The summed E-state index contributed by atoms with van der Waals surface area (Å²) in [5, 5.41) is 0. The molecule has 0 heterocycles. The van der Waals surface area contributed by atoms with Crippen molar-refractivity contribution in [1.29, 1.82) is 0 Å². The molecule has 0 aliphatic heterocycles. The normalized spacial score (nSPS) is 14.9. The fourth-order valence-electron chi connectivity index (χ4n) is 8.51. The molecule has 1 aliphatic carbocycles. The van der Waals surface area contributed by atoms with Gasteiger partial charge in [-0.1, -0.05) is 55.0 Å². The summed E-state index contributed by atoms with van der Waals surface area (Å²) in [7, 11) is 0.162. The Balaban J connectivity index is 0.000000468. The first-order valence-electron chi connectivity index (χ1n) is 21.6. The number of alkyl halides is 24. The Labute approximate surface area is 417 Å². The van der Waals surface area contributed by atoms with Gasteiger partial charge in [-0.2, -0.15) is 127 Å². The van der Waals surface area contributed by atoms with Crippen molar-refractivity contribution >= 4 is 44.7 Å². The molecule has 1 saturated carbocycles. The minimum Gasteiger partial charge on any atom is -0.490 e. The third-order valence-electron chi connectivity index (χ3n) is 11.9. The first-order chi connectivity index (χ1) is 34.4. The molecule has 1 fully saturated rings. The van der Waals surface area contributed by atoms with Gasteiger partial charge in [0.25, 0.3) is 0 Å². The second-order valence-corrected chi connectivity index (χ2v) is 19.9. The Kier molecular flexibility index (Phi) is 17.4. The molecule has 0 unspecified atom stereocenters. The molecule has 0 atom stereocenters. The van der Waals surface area contributed by atoms with Gasteiger partial charge in [-0.15, -0.1) is 0 Å². The summed E-state index contributed by atoms with van der Waals surface area (Å²) < 4.78 is 347. The molecular weight excluding hydrogens is 1110 g/mol. The molecule has 0 saturated heterocycles. The first kappa shape index (κ1) is 61.2. The Bertz CT molecular complexity index is 2410. The molecule has 0 spiro atoms. The van der Waals surface area contributed by atoms with Crippen molar-refractivity contribution in [3.8, 4) is 5.75 Å². The number of rotatable bonds is 9. The number of carbonyl (C=O) groups excluding carboxylic acids is 1. The van der Waals surface area contributed by atoms with Gasteiger partial charge in [0.05, 0.1) is 63.1 Å². The number of halogens is 24. The lowest BCUT2D eigenvalue weighted by atomic mass is 9.12.